The lowest BCUT2D eigenvalue weighted by Gasteiger charge is -2.20. The number of esters is 1. The Bertz CT molecular complexity index is 2400. The van der Waals surface area contributed by atoms with Crippen molar-refractivity contribution in [3.05, 3.63) is 128 Å². The van der Waals surface area contributed by atoms with Crippen molar-refractivity contribution in [1.29, 1.82) is 0 Å². The normalized spacial score (nSPS) is 10.8. The quantitative estimate of drug-likeness (QED) is 0.0892. The van der Waals surface area contributed by atoms with Crippen LogP contribution in [0.5, 0.6) is 0 Å². The summed E-state index contributed by atoms with van der Waals surface area (Å²) in [4.78, 5) is 28.5. The molecular formula is C45H41N3O4S2. The number of rotatable bonds is 6. The van der Waals surface area contributed by atoms with E-state index in [4.69, 9.17) is 9.47 Å². The van der Waals surface area contributed by atoms with Crippen molar-refractivity contribution in [3.8, 4) is 23.7 Å². The molecular weight excluding hydrogens is 711 g/mol. The summed E-state index contributed by atoms with van der Waals surface area (Å²) in [5.41, 5.74) is 6.91. The summed E-state index contributed by atoms with van der Waals surface area (Å²) in [5, 5.41) is 12.1. The molecule has 4 aromatic carbocycles. The van der Waals surface area contributed by atoms with Crippen molar-refractivity contribution < 1.29 is 19.1 Å². The van der Waals surface area contributed by atoms with Crippen LogP contribution in [0.25, 0.3) is 20.2 Å². The highest BCUT2D eigenvalue weighted by Crippen LogP contribution is 2.38. The summed E-state index contributed by atoms with van der Waals surface area (Å²) < 4.78 is 12.9. The third kappa shape index (κ3) is 8.78. The lowest BCUT2D eigenvalue weighted by molar-refractivity contribution is -0.136. The van der Waals surface area contributed by atoms with Gasteiger partial charge in [0, 0.05) is 32.3 Å². The van der Waals surface area contributed by atoms with Gasteiger partial charge in [0.25, 0.3) is 0 Å². The Morgan fingerprint density at radius 2 is 1.09 bits per heavy atom. The number of thiophene rings is 2. The van der Waals surface area contributed by atoms with Crippen LogP contribution in [-0.2, 0) is 14.3 Å². The number of hydrogen-bond donors (Lipinski definition) is 3. The molecule has 0 spiro atoms. The molecule has 6 aromatic rings. The number of aryl methyl sites for hydroxylation is 4. The SMILES string of the molecule is COC(=O)C(NC(=O)OC(C)(C)C)=C(C#Cc1ccc(Nc2cccc3c(C)c(C)sc23)cc1)C#Cc1ccc(Nc2cccc3c(C)c(C)sc23)cc1. The monoisotopic (exact) mass is 751 g/mol. The molecule has 0 aliphatic rings. The molecule has 1 amide bonds. The summed E-state index contributed by atoms with van der Waals surface area (Å²) in [5.74, 6) is 11.4. The van der Waals surface area contributed by atoms with E-state index < -0.39 is 17.7 Å². The van der Waals surface area contributed by atoms with Crippen LogP contribution >= 0.6 is 22.7 Å². The zero-order valence-corrected chi connectivity index (χ0v) is 33.2. The molecule has 0 saturated carbocycles. The molecule has 0 unspecified atom stereocenters. The molecule has 6 rings (SSSR count). The number of amides is 1. The van der Waals surface area contributed by atoms with Crippen molar-refractivity contribution in [2.24, 2.45) is 0 Å². The van der Waals surface area contributed by atoms with Gasteiger partial charge in [-0.1, -0.05) is 36.1 Å². The largest absolute Gasteiger partial charge is 0.464 e. The predicted molar refractivity (Wildman–Crippen MR) is 224 cm³/mol. The zero-order chi connectivity index (χ0) is 38.6. The molecule has 2 heterocycles. The van der Waals surface area contributed by atoms with Crippen molar-refractivity contribution >= 4 is 77.7 Å². The van der Waals surface area contributed by atoms with Gasteiger partial charge < -0.3 is 20.1 Å². The number of benzene rings is 4. The van der Waals surface area contributed by atoms with Crippen LogP contribution in [-0.4, -0.2) is 24.8 Å². The number of anilines is 4. The number of alkyl carbamates (subject to hydrolysis) is 1. The fraction of sp³-hybridized carbons (Fsp3) is 0.200. The Morgan fingerprint density at radius 3 is 1.50 bits per heavy atom. The Kier molecular flexibility index (Phi) is 11.1. The Morgan fingerprint density at radius 1 is 0.648 bits per heavy atom. The summed E-state index contributed by atoms with van der Waals surface area (Å²) in [6.07, 6.45) is -0.827. The number of hydrogen-bond acceptors (Lipinski definition) is 8. The van der Waals surface area contributed by atoms with Crippen LogP contribution in [0.4, 0.5) is 27.5 Å². The van der Waals surface area contributed by atoms with Gasteiger partial charge in [0.1, 0.15) is 11.2 Å². The highest BCUT2D eigenvalue weighted by Gasteiger charge is 2.22. The number of nitrogens with one attached hydrogen (secondary N) is 3. The molecule has 0 aliphatic heterocycles. The minimum atomic E-state index is -0.827. The lowest BCUT2D eigenvalue weighted by atomic mass is 10.1. The Balaban J connectivity index is 1.29. The van der Waals surface area contributed by atoms with E-state index in [1.807, 2.05) is 48.5 Å². The van der Waals surface area contributed by atoms with Crippen LogP contribution in [0.15, 0.2) is 96.2 Å². The van der Waals surface area contributed by atoms with Gasteiger partial charge in [-0.3, -0.25) is 5.32 Å². The maximum Gasteiger partial charge on any atom is 0.412 e. The van der Waals surface area contributed by atoms with E-state index in [2.05, 4.69) is 104 Å². The fourth-order valence-corrected chi connectivity index (χ4v) is 7.91. The average molecular weight is 752 g/mol. The van der Waals surface area contributed by atoms with Gasteiger partial charge >= 0.3 is 12.1 Å². The molecule has 0 bridgehead atoms. The Labute approximate surface area is 324 Å². The van der Waals surface area contributed by atoms with Gasteiger partial charge in [-0.05, 0) is 143 Å². The van der Waals surface area contributed by atoms with Crippen LogP contribution in [0.1, 0.15) is 52.8 Å². The van der Waals surface area contributed by atoms with Crippen molar-refractivity contribution in [1.82, 2.24) is 5.32 Å². The second-order valence-electron chi connectivity index (χ2n) is 13.7. The van der Waals surface area contributed by atoms with Crippen LogP contribution < -0.4 is 16.0 Å². The number of fused-ring (bicyclic) bond motifs is 2. The lowest BCUT2D eigenvalue weighted by Crippen LogP contribution is -2.35. The molecule has 0 atom stereocenters. The number of allylic oxidation sites excluding steroid dienone is 1. The summed E-state index contributed by atoms with van der Waals surface area (Å²) in [6.45, 7) is 13.8. The number of carbonyl (C=O) groups excluding carboxylic acids is 2. The zero-order valence-electron chi connectivity index (χ0n) is 31.5. The van der Waals surface area contributed by atoms with E-state index in [0.717, 1.165) is 22.7 Å². The molecule has 0 aliphatic carbocycles. The topological polar surface area (TPSA) is 88.7 Å². The molecule has 9 heteroatoms. The van der Waals surface area contributed by atoms with Gasteiger partial charge in [-0.15, -0.1) is 22.7 Å². The van der Waals surface area contributed by atoms with Gasteiger partial charge in [0.2, 0.25) is 0 Å². The highest BCUT2D eigenvalue weighted by atomic mass is 32.1. The van der Waals surface area contributed by atoms with E-state index in [1.165, 1.54) is 48.2 Å². The molecule has 7 nitrogen and oxygen atoms in total. The van der Waals surface area contributed by atoms with E-state index in [-0.39, 0.29) is 11.3 Å². The maximum absolute atomic E-state index is 13.0. The minimum Gasteiger partial charge on any atom is -0.464 e. The van der Waals surface area contributed by atoms with Crippen molar-refractivity contribution in [2.75, 3.05) is 17.7 Å². The minimum absolute atomic E-state index is 0.0716. The number of methoxy groups -OCH3 is 1. The first kappa shape index (κ1) is 37.7. The molecule has 272 valence electrons. The summed E-state index contributed by atoms with van der Waals surface area (Å²) >= 11 is 3.55. The van der Waals surface area contributed by atoms with Gasteiger partial charge in [-0.25, -0.2) is 9.59 Å². The fourth-order valence-electron chi connectivity index (χ4n) is 5.65. The average Bonchev–Trinajstić information content (AvgIpc) is 3.61. The first-order valence-electron chi connectivity index (χ1n) is 17.4. The second kappa shape index (κ2) is 15.9. The van der Waals surface area contributed by atoms with E-state index >= 15 is 0 Å². The number of carbonyl (C=O) groups is 2. The molecule has 54 heavy (non-hydrogen) atoms. The summed E-state index contributed by atoms with van der Waals surface area (Å²) in [6, 6.07) is 27.9. The summed E-state index contributed by atoms with van der Waals surface area (Å²) in [7, 11) is 1.23. The third-order valence-electron chi connectivity index (χ3n) is 8.66. The maximum atomic E-state index is 13.0. The molecule has 0 fully saturated rings. The number of ether oxygens (including phenoxy) is 2. The molecule has 2 aromatic heterocycles. The van der Waals surface area contributed by atoms with E-state index in [1.54, 1.807) is 43.4 Å². The second-order valence-corrected chi connectivity index (χ2v) is 16.2. The van der Waals surface area contributed by atoms with Gasteiger partial charge in [-0.2, -0.15) is 0 Å². The van der Waals surface area contributed by atoms with Crippen LogP contribution in [0.2, 0.25) is 0 Å². The van der Waals surface area contributed by atoms with Gasteiger partial charge in [0.15, 0.2) is 5.70 Å². The van der Waals surface area contributed by atoms with Crippen molar-refractivity contribution in [2.45, 2.75) is 54.1 Å². The first-order valence-corrected chi connectivity index (χ1v) is 19.0. The Hall–Kier alpha value is -6.00. The highest BCUT2D eigenvalue weighted by molar-refractivity contribution is 7.20. The van der Waals surface area contributed by atoms with E-state index in [9.17, 15) is 9.59 Å². The standard InChI is InChI=1S/C45H41N3O4S2/c1-27-29(3)53-41-36(27)11-9-13-38(41)46-34-23-17-31(18-24-34)15-21-33(40(43(49)51-8)48-44(50)52-45(5,6)7)22-16-32-19-25-35(26-20-32)47-39-14-10-12-37-28(2)30(4)54-42(37)39/h9-14,17-20,23-26,46-47H,1-8H3,(H,48,50). The molecule has 0 saturated heterocycles. The van der Waals surface area contributed by atoms with E-state index in [0.29, 0.717) is 11.1 Å². The first-order chi connectivity index (χ1) is 25.8. The molecule has 0 radical (unpaired) electrons. The van der Waals surface area contributed by atoms with Gasteiger partial charge in [0.05, 0.1) is 27.9 Å². The predicted octanol–water partition coefficient (Wildman–Crippen LogP) is 11.2. The van der Waals surface area contributed by atoms with Crippen LogP contribution in [0.3, 0.4) is 0 Å². The smallest absolute Gasteiger partial charge is 0.412 e. The van der Waals surface area contributed by atoms with Crippen molar-refractivity contribution in [3.63, 3.8) is 0 Å². The molecule has 3 N–H and O–H groups in total. The third-order valence-corrected chi connectivity index (χ3v) is 11.2. The van der Waals surface area contributed by atoms with Crippen LogP contribution in [0, 0.1) is 51.4 Å².